The van der Waals surface area contributed by atoms with Gasteiger partial charge in [0.1, 0.15) is 5.75 Å². The fraction of sp³-hybridized carbons (Fsp3) is 0.423. The third-order valence-electron chi connectivity index (χ3n) is 5.76. The summed E-state index contributed by atoms with van der Waals surface area (Å²) < 4.78 is 5.43. The van der Waals surface area contributed by atoms with Gasteiger partial charge in [-0.2, -0.15) is 0 Å². The van der Waals surface area contributed by atoms with E-state index >= 15 is 0 Å². The van der Waals surface area contributed by atoms with Crippen LogP contribution in [0.25, 0.3) is 0 Å². The Morgan fingerprint density at radius 3 is 2.25 bits per heavy atom. The van der Waals surface area contributed by atoms with Crippen LogP contribution < -0.4 is 10.1 Å². The number of amides is 2. The van der Waals surface area contributed by atoms with Gasteiger partial charge in [0.05, 0.1) is 13.0 Å². The molecule has 0 bridgehead atoms. The van der Waals surface area contributed by atoms with Crippen molar-refractivity contribution in [2.45, 2.75) is 52.0 Å². The number of piperidine rings is 1. The lowest BCUT2D eigenvalue weighted by Gasteiger charge is -2.32. The average molecular weight is 437 g/mol. The number of nitrogens with one attached hydrogen (secondary N) is 1. The Balaban J connectivity index is 1.37. The van der Waals surface area contributed by atoms with Crippen LogP contribution in [0.2, 0.25) is 0 Å². The van der Waals surface area contributed by atoms with Crippen molar-refractivity contribution < 1.29 is 19.1 Å². The lowest BCUT2D eigenvalue weighted by Crippen LogP contribution is -2.47. The predicted molar refractivity (Wildman–Crippen MR) is 124 cm³/mol. The molecule has 0 radical (unpaired) electrons. The Kier molecular flexibility index (Phi) is 8.42. The summed E-state index contributed by atoms with van der Waals surface area (Å²) in [5, 5.41) is 3.02. The summed E-state index contributed by atoms with van der Waals surface area (Å²) in [6, 6.07) is 15.1. The van der Waals surface area contributed by atoms with Gasteiger partial charge in [-0.15, -0.1) is 0 Å². The number of rotatable bonds is 9. The molecule has 1 fully saturated rings. The Bertz CT molecular complexity index is 914. The van der Waals surface area contributed by atoms with E-state index in [0.29, 0.717) is 31.7 Å². The standard InChI is InChI=1S/C26H32N2O4/c1-3-32-23-10-6-20(7-11-23)18-26(31)28-16-14-22(15-17-28)27-25(30)13-12-24(29)21-8-4-19(2)5-9-21/h4-11,22H,3,12-18H2,1-2H3,(H,27,30). The first-order valence-electron chi connectivity index (χ1n) is 11.3. The molecule has 32 heavy (non-hydrogen) atoms. The summed E-state index contributed by atoms with van der Waals surface area (Å²) in [6.07, 6.45) is 2.21. The first-order chi connectivity index (χ1) is 15.4. The van der Waals surface area contributed by atoms with Crippen LogP contribution in [-0.2, 0) is 16.0 Å². The molecule has 0 saturated carbocycles. The van der Waals surface area contributed by atoms with E-state index in [2.05, 4.69) is 5.32 Å². The van der Waals surface area contributed by atoms with Crippen molar-refractivity contribution in [3.05, 3.63) is 65.2 Å². The monoisotopic (exact) mass is 436 g/mol. The predicted octanol–water partition coefficient (Wildman–Crippen LogP) is 3.71. The second-order valence-electron chi connectivity index (χ2n) is 8.27. The van der Waals surface area contributed by atoms with Crippen LogP contribution in [0.5, 0.6) is 5.75 Å². The second kappa shape index (κ2) is 11.5. The number of Topliss-reactive ketones (excluding diaryl/α,β-unsaturated/α-hetero) is 1. The molecule has 1 aliphatic rings. The summed E-state index contributed by atoms with van der Waals surface area (Å²) in [7, 11) is 0. The molecule has 6 nitrogen and oxygen atoms in total. The van der Waals surface area contributed by atoms with Gasteiger partial charge in [0.25, 0.3) is 0 Å². The van der Waals surface area contributed by atoms with Crippen LogP contribution in [0, 0.1) is 6.92 Å². The molecule has 6 heteroatoms. The number of ketones is 1. The zero-order valence-corrected chi connectivity index (χ0v) is 18.9. The molecule has 0 atom stereocenters. The number of hydrogen-bond donors (Lipinski definition) is 1. The van der Waals surface area contributed by atoms with E-state index < -0.39 is 0 Å². The number of aryl methyl sites for hydroxylation is 1. The van der Waals surface area contributed by atoms with Gasteiger partial charge in [-0.25, -0.2) is 0 Å². The molecule has 1 N–H and O–H groups in total. The Hall–Kier alpha value is -3.15. The maximum Gasteiger partial charge on any atom is 0.226 e. The molecule has 0 unspecified atom stereocenters. The molecule has 170 valence electrons. The van der Waals surface area contributed by atoms with Gasteiger partial charge in [-0.3, -0.25) is 14.4 Å². The molecule has 1 aliphatic heterocycles. The number of carbonyl (C=O) groups excluding carboxylic acids is 3. The molecule has 0 spiro atoms. The molecule has 0 aromatic heterocycles. The third-order valence-corrected chi connectivity index (χ3v) is 5.76. The number of hydrogen-bond acceptors (Lipinski definition) is 4. The van der Waals surface area contributed by atoms with Crippen LogP contribution in [0.15, 0.2) is 48.5 Å². The first kappa shape index (κ1) is 23.5. The zero-order valence-electron chi connectivity index (χ0n) is 18.9. The third kappa shape index (κ3) is 6.94. The lowest BCUT2D eigenvalue weighted by atomic mass is 10.0. The minimum absolute atomic E-state index is 0.0187. The molecule has 3 rings (SSSR count). The molecular weight excluding hydrogens is 404 g/mol. The number of carbonyl (C=O) groups is 3. The molecule has 2 aromatic carbocycles. The summed E-state index contributed by atoms with van der Waals surface area (Å²) in [6.45, 7) is 5.79. The van der Waals surface area contributed by atoms with Gasteiger partial charge in [-0.1, -0.05) is 42.0 Å². The quantitative estimate of drug-likeness (QED) is 0.608. The average Bonchev–Trinajstić information content (AvgIpc) is 2.80. The fourth-order valence-corrected chi connectivity index (χ4v) is 3.84. The lowest BCUT2D eigenvalue weighted by molar-refractivity contribution is -0.131. The molecule has 0 aliphatic carbocycles. The van der Waals surface area contributed by atoms with Crippen molar-refractivity contribution in [3.8, 4) is 5.75 Å². The highest BCUT2D eigenvalue weighted by molar-refractivity contribution is 5.98. The molecule has 1 saturated heterocycles. The summed E-state index contributed by atoms with van der Waals surface area (Å²) in [5.74, 6) is 0.780. The van der Waals surface area contributed by atoms with Gasteiger partial charge < -0.3 is 15.0 Å². The van der Waals surface area contributed by atoms with E-state index in [4.69, 9.17) is 4.74 Å². The van der Waals surface area contributed by atoms with E-state index in [9.17, 15) is 14.4 Å². The largest absolute Gasteiger partial charge is 0.494 e. The second-order valence-corrected chi connectivity index (χ2v) is 8.27. The molecular formula is C26H32N2O4. The zero-order chi connectivity index (χ0) is 22.9. The highest BCUT2D eigenvalue weighted by Crippen LogP contribution is 2.16. The number of likely N-dealkylation sites (tertiary alicyclic amines) is 1. The SMILES string of the molecule is CCOc1ccc(CC(=O)N2CCC(NC(=O)CCC(=O)c3ccc(C)cc3)CC2)cc1. The van der Waals surface area contributed by atoms with Gasteiger partial charge in [0.15, 0.2) is 5.78 Å². The highest BCUT2D eigenvalue weighted by Gasteiger charge is 2.24. The van der Waals surface area contributed by atoms with Crippen LogP contribution >= 0.6 is 0 Å². The van der Waals surface area contributed by atoms with Crippen LogP contribution in [0.3, 0.4) is 0 Å². The van der Waals surface area contributed by atoms with Crippen molar-refractivity contribution in [3.63, 3.8) is 0 Å². The van der Waals surface area contributed by atoms with Crippen molar-refractivity contribution in [2.75, 3.05) is 19.7 Å². The van der Waals surface area contributed by atoms with Gasteiger partial charge >= 0.3 is 0 Å². The molecule has 2 amide bonds. The van der Waals surface area contributed by atoms with Crippen molar-refractivity contribution >= 4 is 17.6 Å². The van der Waals surface area contributed by atoms with E-state index in [1.807, 2.05) is 55.1 Å². The van der Waals surface area contributed by atoms with E-state index in [1.165, 1.54) is 0 Å². The Morgan fingerprint density at radius 2 is 1.62 bits per heavy atom. The van der Waals surface area contributed by atoms with E-state index in [1.54, 1.807) is 12.1 Å². The van der Waals surface area contributed by atoms with Gasteiger partial charge in [0, 0.05) is 37.5 Å². The van der Waals surface area contributed by atoms with Crippen LogP contribution in [0.4, 0.5) is 0 Å². The first-order valence-corrected chi connectivity index (χ1v) is 11.3. The highest BCUT2D eigenvalue weighted by atomic mass is 16.5. The van der Waals surface area contributed by atoms with E-state index in [-0.39, 0.29) is 36.5 Å². The normalized spacial score (nSPS) is 14.1. The molecule has 1 heterocycles. The van der Waals surface area contributed by atoms with E-state index in [0.717, 1.165) is 29.7 Å². The smallest absolute Gasteiger partial charge is 0.226 e. The maximum absolute atomic E-state index is 12.6. The van der Waals surface area contributed by atoms with Crippen LogP contribution in [0.1, 0.15) is 54.1 Å². The fourth-order valence-electron chi connectivity index (χ4n) is 3.84. The van der Waals surface area contributed by atoms with Crippen molar-refractivity contribution in [1.29, 1.82) is 0 Å². The Labute approximate surface area is 189 Å². The minimum Gasteiger partial charge on any atom is -0.494 e. The maximum atomic E-state index is 12.6. The minimum atomic E-state index is -0.107. The Morgan fingerprint density at radius 1 is 0.969 bits per heavy atom. The van der Waals surface area contributed by atoms with Gasteiger partial charge in [-0.05, 0) is 44.4 Å². The number of benzene rings is 2. The number of nitrogens with zero attached hydrogens (tertiary/aromatic N) is 1. The van der Waals surface area contributed by atoms with Crippen molar-refractivity contribution in [2.24, 2.45) is 0 Å². The number of ether oxygens (including phenoxy) is 1. The summed E-state index contributed by atoms with van der Waals surface area (Å²) in [4.78, 5) is 39.0. The summed E-state index contributed by atoms with van der Waals surface area (Å²) in [5.41, 5.74) is 2.71. The van der Waals surface area contributed by atoms with Crippen LogP contribution in [-0.4, -0.2) is 48.2 Å². The molecule has 2 aromatic rings. The topological polar surface area (TPSA) is 75.7 Å². The van der Waals surface area contributed by atoms with Crippen molar-refractivity contribution in [1.82, 2.24) is 10.2 Å². The van der Waals surface area contributed by atoms with Gasteiger partial charge in [0.2, 0.25) is 11.8 Å². The summed E-state index contributed by atoms with van der Waals surface area (Å²) >= 11 is 0.